The minimum Gasteiger partial charge on any atom is -0.351 e. The van der Waals surface area contributed by atoms with E-state index in [-0.39, 0.29) is 23.6 Å². The van der Waals surface area contributed by atoms with Gasteiger partial charge in [-0.2, -0.15) is 5.26 Å². The van der Waals surface area contributed by atoms with Crippen molar-refractivity contribution in [1.82, 2.24) is 5.32 Å². The second-order valence-corrected chi connectivity index (χ2v) is 3.17. The molecule has 3 nitrogen and oxygen atoms in total. The van der Waals surface area contributed by atoms with Crippen LogP contribution in [-0.4, -0.2) is 12.5 Å². The van der Waals surface area contributed by atoms with E-state index in [1.807, 2.05) is 6.07 Å². The van der Waals surface area contributed by atoms with Crippen LogP contribution in [0.25, 0.3) is 0 Å². The molecule has 15 heavy (non-hydrogen) atoms. The maximum Gasteiger partial charge on any atom is 0.255 e. The largest absolute Gasteiger partial charge is 0.351 e. The van der Waals surface area contributed by atoms with Crippen LogP contribution in [-0.2, 0) is 0 Å². The van der Waals surface area contributed by atoms with Gasteiger partial charge < -0.3 is 5.32 Å². The van der Waals surface area contributed by atoms with E-state index in [1.165, 1.54) is 12.1 Å². The van der Waals surface area contributed by atoms with Gasteiger partial charge in [0.05, 0.1) is 23.1 Å². The van der Waals surface area contributed by atoms with Gasteiger partial charge in [0.25, 0.3) is 5.91 Å². The van der Waals surface area contributed by atoms with Crippen LogP contribution in [0.3, 0.4) is 0 Å². The van der Waals surface area contributed by atoms with E-state index in [0.717, 1.165) is 6.07 Å². The number of carbonyl (C=O) groups excluding carboxylic acids is 1. The highest BCUT2D eigenvalue weighted by Gasteiger charge is 2.14. The van der Waals surface area contributed by atoms with Gasteiger partial charge in [-0.05, 0) is 12.1 Å². The lowest BCUT2D eigenvalue weighted by Crippen LogP contribution is -2.25. The van der Waals surface area contributed by atoms with Crippen LogP contribution in [0.4, 0.5) is 4.39 Å². The molecule has 1 aromatic rings. The summed E-state index contributed by atoms with van der Waals surface area (Å²) in [5, 5.41) is 10.7. The number of amides is 1. The van der Waals surface area contributed by atoms with Crippen LogP contribution in [0.2, 0.25) is 5.02 Å². The van der Waals surface area contributed by atoms with Crippen LogP contribution in [0.5, 0.6) is 0 Å². The Balaban J connectivity index is 2.78. The van der Waals surface area contributed by atoms with Gasteiger partial charge in [-0.25, -0.2) is 4.39 Å². The van der Waals surface area contributed by atoms with Crippen LogP contribution in [0.1, 0.15) is 16.8 Å². The number of rotatable bonds is 3. The van der Waals surface area contributed by atoms with Crippen molar-refractivity contribution in [3.05, 3.63) is 34.6 Å². The smallest absolute Gasteiger partial charge is 0.255 e. The van der Waals surface area contributed by atoms with Gasteiger partial charge in [-0.1, -0.05) is 17.7 Å². The Bertz CT molecular complexity index is 394. The van der Waals surface area contributed by atoms with Gasteiger partial charge in [0.15, 0.2) is 0 Å². The summed E-state index contributed by atoms with van der Waals surface area (Å²) in [7, 11) is 0. The zero-order valence-corrected chi connectivity index (χ0v) is 8.51. The fourth-order valence-corrected chi connectivity index (χ4v) is 1.28. The number of nitrogens with zero attached hydrogens (tertiary/aromatic N) is 1. The van der Waals surface area contributed by atoms with Gasteiger partial charge >= 0.3 is 0 Å². The number of hydrogen-bond acceptors (Lipinski definition) is 2. The lowest BCUT2D eigenvalue weighted by Gasteiger charge is -2.05. The van der Waals surface area contributed by atoms with Gasteiger partial charge in [-0.15, -0.1) is 0 Å². The third kappa shape index (κ3) is 2.93. The summed E-state index contributed by atoms with van der Waals surface area (Å²) in [4.78, 5) is 11.4. The molecule has 0 saturated heterocycles. The van der Waals surface area contributed by atoms with Gasteiger partial charge in [0, 0.05) is 6.54 Å². The fraction of sp³-hybridized carbons (Fsp3) is 0.200. The van der Waals surface area contributed by atoms with Crippen molar-refractivity contribution in [2.24, 2.45) is 0 Å². The predicted molar refractivity (Wildman–Crippen MR) is 54.0 cm³/mol. The van der Waals surface area contributed by atoms with Crippen LogP contribution >= 0.6 is 11.6 Å². The van der Waals surface area contributed by atoms with Crippen molar-refractivity contribution in [1.29, 1.82) is 5.26 Å². The first-order valence-corrected chi connectivity index (χ1v) is 4.63. The first-order chi connectivity index (χ1) is 7.16. The molecular formula is C10H8ClFN2O. The van der Waals surface area contributed by atoms with Gasteiger partial charge in [0.2, 0.25) is 0 Å². The van der Waals surface area contributed by atoms with Crippen molar-refractivity contribution in [2.45, 2.75) is 6.42 Å². The highest BCUT2D eigenvalue weighted by atomic mass is 35.5. The van der Waals surface area contributed by atoms with Crippen LogP contribution in [0.15, 0.2) is 18.2 Å². The maximum absolute atomic E-state index is 13.2. The van der Waals surface area contributed by atoms with E-state index >= 15 is 0 Å². The van der Waals surface area contributed by atoms with Gasteiger partial charge in [-0.3, -0.25) is 4.79 Å². The van der Waals surface area contributed by atoms with Crippen molar-refractivity contribution < 1.29 is 9.18 Å². The van der Waals surface area contributed by atoms with Crippen molar-refractivity contribution >= 4 is 17.5 Å². The maximum atomic E-state index is 13.2. The first kappa shape index (κ1) is 11.5. The Morgan fingerprint density at radius 1 is 1.60 bits per heavy atom. The lowest BCUT2D eigenvalue weighted by molar-refractivity contribution is 0.0950. The highest BCUT2D eigenvalue weighted by molar-refractivity contribution is 6.33. The normalized spacial score (nSPS) is 9.40. The molecule has 1 N–H and O–H groups in total. The molecule has 78 valence electrons. The van der Waals surface area contributed by atoms with Crippen molar-refractivity contribution in [2.75, 3.05) is 6.54 Å². The molecule has 0 aliphatic rings. The molecule has 0 spiro atoms. The van der Waals surface area contributed by atoms with E-state index in [9.17, 15) is 9.18 Å². The summed E-state index contributed by atoms with van der Waals surface area (Å²) in [5.41, 5.74) is -0.183. The molecule has 0 saturated carbocycles. The number of nitrogens with one attached hydrogen (secondary N) is 1. The molecule has 0 aliphatic carbocycles. The van der Waals surface area contributed by atoms with Crippen molar-refractivity contribution in [3.8, 4) is 6.07 Å². The third-order valence-corrected chi connectivity index (χ3v) is 2.03. The van der Waals surface area contributed by atoms with E-state index < -0.39 is 11.7 Å². The molecule has 1 rings (SSSR count). The zero-order valence-electron chi connectivity index (χ0n) is 7.76. The molecule has 5 heteroatoms. The summed E-state index contributed by atoms with van der Waals surface area (Å²) < 4.78 is 13.2. The lowest BCUT2D eigenvalue weighted by atomic mass is 10.2. The van der Waals surface area contributed by atoms with Crippen LogP contribution < -0.4 is 5.32 Å². The van der Waals surface area contributed by atoms with E-state index in [4.69, 9.17) is 16.9 Å². The molecule has 1 amide bonds. The number of benzene rings is 1. The second kappa shape index (κ2) is 5.32. The molecule has 0 bridgehead atoms. The van der Waals surface area contributed by atoms with E-state index in [0.29, 0.717) is 0 Å². The molecule has 0 heterocycles. The minimum absolute atomic E-state index is 0.0597. The van der Waals surface area contributed by atoms with Gasteiger partial charge in [0.1, 0.15) is 5.82 Å². The van der Waals surface area contributed by atoms with E-state index in [2.05, 4.69) is 5.32 Å². The van der Waals surface area contributed by atoms with Crippen LogP contribution in [0, 0.1) is 17.1 Å². The molecule has 0 aliphatic heterocycles. The number of nitriles is 1. The second-order valence-electron chi connectivity index (χ2n) is 2.76. The molecular weight excluding hydrogens is 219 g/mol. The average molecular weight is 227 g/mol. The number of halogens is 2. The highest BCUT2D eigenvalue weighted by Crippen LogP contribution is 2.18. The standard InChI is InChI=1S/C10H8ClFN2O/c11-7-3-1-4-8(12)9(7)10(15)14-6-2-5-13/h1,3-4H,2,6H2,(H,14,15). The summed E-state index contributed by atoms with van der Waals surface area (Å²) in [5.74, 6) is -1.27. The molecule has 0 unspecified atom stereocenters. The Hall–Kier alpha value is -1.60. The van der Waals surface area contributed by atoms with Crippen molar-refractivity contribution in [3.63, 3.8) is 0 Å². The van der Waals surface area contributed by atoms with E-state index in [1.54, 1.807) is 0 Å². The topological polar surface area (TPSA) is 52.9 Å². The average Bonchev–Trinajstić information content (AvgIpc) is 2.18. The SMILES string of the molecule is N#CCCNC(=O)c1c(F)cccc1Cl. The molecule has 0 fully saturated rings. The monoisotopic (exact) mass is 226 g/mol. The number of carbonyl (C=O) groups is 1. The zero-order chi connectivity index (χ0) is 11.3. The molecule has 0 radical (unpaired) electrons. The Morgan fingerprint density at radius 2 is 2.33 bits per heavy atom. The Morgan fingerprint density at radius 3 is 2.93 bits per heavy atom. The molecule has 0 atom stereocenters. The minimum atomic E-state index is -0.669. The third-order valence-electron chi connectivity index (χ3n) is 1.71. The molecule has 0 aromatic heterocycles. The number of hydrogen-bond donors (Lipinski definition) is 1. The fourth-order valence-electron chi connectivity index (χ4n) is 1.04. The Labute approximate surface area is 91.5 Å². The quantitative estimate of drug-likeness (QED) is 0.803. The first-order valence-electron chi connectivity index (χ1n) is 4.26. The summed E-state index contributed by atoms with van der Waals surface area (Å²) in [6.07, 6.45) is 0.178. The summed E-state index contributed by atoms with van der Waals surface area (Å²) in [6, 6.07) is 5.87. The summed E-state index contributed by atoms with van der Waals surface area (Å²) >= 11 is 5.67. The summed E-state index contributed by atoms with van der Waals surface area (Å²) in [6.45, 7) is 0.181. The predicted octanol–water partition coefficient (Wildman–Crippen LogP) is 2.12. The Kier molecular flexibility index (Phi) is 4.07. The molecule has 1 aromatic carbocycles.